The second-order valence-corrected chi connectivity index (χ2v) is 18.6. The Hall–Kier alpha value is -1.92. The molecule has 62 heavy (non-hydrogen) atoms. The van der Waals surface area contributed by atoms with Crippen LogP contribution in [-0.4, -0.2) is 47.4 Å². The number of amides is 1. The summed E-state index contributed by atoms with van der Waals surface area (Å²) in [6.45, 7) is 4.82. The van der Waals surface area contributed by atoms with Crippen LogP contribution in [0.3, 0.4) is 0 Å². The van der Waals surface area contributed by atoms with E-state index in [9.17, 15) is 19.8 Å². The summed E-state index contributed by atoms with van der Waals surface area (Å²) in [5.41, 5.74) is 0. The quantitative estimate of drug-likeness (QED) is 0.0321. The van der Waals surface area contributed by atoms with E-state index >= 15 is 0 Å². The van der Waals surface area contributed by atoms with Crippen LogP contribution < -0.4 is 5.32 Å². The molecule has 0 heterocycles. The van der Waals surface area contributed by atoms with Crippen LogP contribution >= 0.6 is 0 Å². The highest BCUT2D eigenvalue weighted by Gasteiger charge is 2.18. The summed E-state index contributed by atoms with van der Waals surface area (Å²) >= 11 is 0. The molecule has 1 amide bonds. The van der Waals surface area contributed by atoms with Crippen LogP contribution in [0.5, 0.6) is 0 Å². The molecule has 0 rings (SSSR count). The van der Waals surface area contributed by atoms with Gasteiger partial charge in [0.2, 0.25) is 5.91 Å². The van der Waals surface area contributed by atoms with Gasteiger partial charge >= 0.3 is 5.97 Å². The third kappa shape index (κ3) is 47.6. The van der Waals surface area contributed by atoms with E-state index in [2.05, 4.69) is 43.5 Å². The molecule has 0 fully saturated rings. The zero-order valence-electron chi connectivity index (χ0n) is 41.4. The molecule has 2 atom stereocenters. The zero-order chi connectivity index (χ0) is 45.1. The number of rotatable bonds is 50. The van der Waals surface area contributed by atoms with Crippen LogP contribution in [0, 0.1) is 0 Å². The SMILES string of the molecule is CCC/C=C\C/C=C\CCCCCCCC(=O)OCCCCCCCCCCCCCCCCCC(=O)NC(CO)C(O)/C=C/CCCCCCCCCCCCCCCCC. The predicted molar refractivity (Wildman–Crippen MR) is 269 cm³/mol. The van der Waals surface area contributed by atoms with Gasteiger partial charge in [0.15, 0.2) is 0 Å². The Balaban J connectivity index is 3.48. The van der Waals surface area contributed by atoms with Crippen molar-refractivity contribution in [2.45, 2.75) is 296 Å². The molecular formula is C56H105NO5. The molecule has 364 valence electrons. The first-order valence-electron chi connectivity index (χ1n) is 27.3. The maximum Gasteiger partial charge on any atom is 0.305 e. The Morgan fingerprint density at radius 1 is 0.452 bits per heavy atom. The van der Waals surface area contributed by atoms with Crippen molar-refractivity contribution in [2.75, 3.05) is 13.2 Å². The fraction of sp³-hybridized carbons (Fsp3) is 0.857. The van der Waals surface area contributed by atoms with E-state index in [1.54, 1.807) is 6.08 Å². The van der Waals surface area contributed by atoms with Crippen LogP contribution in [0.15, 0.2) is 36.5 Å². The molecule has 0 saturated heterocycles. The summed E-state index contributed by atoms with van der Waals surface area (Å²) < 4.78 is 5.45. The molecule has 0 aromatic heterocycles. The third-order valence-corrected chi connectivity index (χ3v) is 12.4. The Labute approximate surface area is 385 Å². The predicted octanol–water partition coefficient (Wildman–Crippen LogP) is 16.5. The van der Waals surface area contributed by atoms with E-state index in [-0.39, 0.29) is 18.5 Å². The number of allylic oxidation sites excluding steroid dienone is 5. The topological polar surface area (TPSA) is 95.9 Å². The van der Waals surface area contributed by atoms with Gasteiger partial charge in [0.1, 0.15) is 0 Å². The third-order valence-electron chi connectivity index (χ3n) is 12.4. The van der Waals surface area contributed by atoms with Crippen molar-refractivity contribution < 1.29 is 24.5 Å². The smallest absolute Gasteiger partial charge is 0.305 e. The minimum absolute atomic E-state index is 0.0161. The van der Waals surface area contributed by atoms with E-state index < -0.39 is 12.1 Å². The fourth-order valence-electron chi connectivity index (χ4n) is 8.20. The molecule has 0 aromatic carbocycles. The number of hydrogen-bond acceptors (Lipinski definition) is 5. The Morgan fingerprint density at radius 2 is 0.839 bits per heavy atom. The van der Waals surface area contributed by atoms with Crippen molar-refractivity contribution >= 4 is 11.9 Å². The van der Waals surface area contributed by atoms with E-state index in [0.29, 0.717) is 19.4 Å². The molecule has 6 nitrogen and oxygen atoms in total. The molecule has 0 aliphatic heterocycles. The number of hydrogen-bond donors (Lipinski definition) is 3. The highest BCUT2D eigenvalue weighted by molar-refractivity contribution is 5.76. The molecule has 0 saturated carbocycles. The lowest BCUT2D eigenvalue weighted by Crippen LogP contribution is -2.45. The average Bonchev–Trinajstić information content (AvgIpc) is 3.27. The molecular weight excluding hydrogens is 767 g/mol. The number of aliphatic hydroxyl groups excluding tert-OH is 2. The van der Waals surface area contributed by atoms with Crippen LogP contribution in [-0.2, 0) is 14.3 Å². The number of nitrogens with one attached hydrogen (secondary N) is 1. The van der Waals surface area contributed by atoms with Crippen LogP contribution in [0.2, 0.25) is 0 Å². The van der Waals surface area contributed by atoms with Crippen LogP contribution in [0.25, 0.3) is 0 Å². The number of esters is 1. The van der Waals surface area contributed by atoms with Crippen molar-refractivity contribution in [3.05, 3.63) is 36.5 Å². The summed E-state index contributed by atoms with van der Waals surface area (Å²) in [6, 6.07) is -0.635. The normalized spacial score (nSPS) is 12.9. The molecule has 0 spiro atoms. The van der Waals surface area contributed by atoms with E-state index in [4.69, 9.17) is 4.74 Å². The van der Waals surface area contributed by atoms with E-state index in [1.807, 2.05) is 6.08 Å². The molecule has 0 aliphatic rings. The van der Waals surface area contributed by atoms with Gasteiger partial charge in [0, 0.05) is 12.8 Å². The summed E-state index contributed by atoms with van der Waals surface area (Å²) in [4.78, 5) is 24.5. The second-order valence-electron chi connectivity index (χ2n) is 18.6. The largest absolute Gasteiger partial charge is 0.466 e. The van der Waals surface area contributed by atoms with Crippen molar-refractivity contribution in [3.63, 3.8) is 0 Å². The summed E-state index contributed by atoms with van der Waals surface area (Å²) in [5, 5.41) is 23.1. The minimum Gasteiger partial charge on any atom is -0.466 e. The summed E-state index contributed by atoms with van der Waals surface area (Å²) in [7, 11) is 0. The van der Waals surface area contributed by atoms with Gasteiger partial charge in [-0.25, -0.2) is 0 Å². The van der Waals surface area contributed by atoms with Crippen molar-refractivity contribution in [2.24, 2.45) is 0 Å². The molecule has 0 bridgehead atoms. The molecule has 0 aromatic rings. The van der Waals surface area contributed by atoms with Gasteiger partial charge in [-0.15, -0.1) is 0 Å². The molecule has 6 heteroatoms. The maximum absolute atomic E-state index is 12.5. The lowest BCUT2D eigenvalue weighted by atomic mass is 10.0. The highest BCUT2D eigenvalue weighted by Crippen LogP contribution is 2.16. The van der Waals surface area contributed by atoms with Gasteiger partial charge in [0.25, 0.3) is 0 Å². The van der Waals surface area contributed by atoms with Gasteiger partial charge in [-0.2, -0.15) is 0 Å². The van der Waals surface area contributed by atoms with E-state index in [0.717, 1.165) is 64.2 Å². The Bertz CT molecular complexity index is 1010. The first-order chi connectivity index (χ1) is 30.5. The summed E-state index contributed by atoms with van der Waals surface area (Å²) in [6.07, 6.45) is 62.9. The van der Waals surface area contributed by atoms with Crippen LogP contribution in [0.1, 0.15) is 284 Å². The Morgan fingerprint density at radius 3 is 1.29 bits per heavy atom. The van der Waals surface area contributed by atoms with Gasteiger partial charge in [-0.3, -0.25) is 9.59 Å². The molecule has 0 aliphatic carbocycles. The fourth-order valence-corrected chi connectivity index (χ4v) is 8.20. The number of unbranched alkanes of at least 4 members (excludes halogenated alkanes) is 35. The minimum atomic E-state index is -0.851. The van der Waals surface area contributed by atoms with Gasteiger partial charge in [0.05, 0.1) is 25.4 Å². The maximum atomic E-state index is 12.5. The number of carbonyl (C=O) groups excluding carboxylic acids is 2. The number of aliphatic hydroxyl groups is 2. The standard InChI is InChI=1S/C56H105NO5/c1-3-5-7-9-11-13-15-17-18-19-21-25-28-32-36-40-44-48-54(59)53(52-58)57-55(60)49-45-41-37-33-29-26-22-20-23-27-31-35-39-43-47-51-62-56(61)50-46-42-38-34-30-24-16-14-12-10-8-6-4-2/h8,10,14,16,44,48,53-54,58-59H,3-7,9,11-13,15,17-43,45-47,49-52H2,1-2H3,(H,57,60)/b10-8-,16-14-,48-44+. The molecule has 3 N–H and O–H groups in total. The van der Waals surface area contributed by atoms with Crippen LogP contribution in [0.4, 0.5) is 0 Å². The van der Waals surface area contributed by atoms with Gasteiger partial charge in [-0.05, 0) is 57.8 Å². The van der Waals surface area contributed by atoms with Crippen molar-refractivity contribution in [1.82, 2.24) is 5.32 Å². The number of ether oxygens (including phenoxy) is 1. The highest BCUT2D eigenvalue weighted by atomic mass is 16.5. The molecule has 0 radical (unpaired) electrons. The Kier molecular flexibility index (Phi) is 50.1. The average molecular weight is 872 g/mol. The lowest BCUT2D eigenvalue weighted by Gasteiger charge is -2.20. The lowest BCUT2D eigenvalue weighted by molar-refractivity contribution is -0.143. The first kappa shape index (κ1) is 60.1. The van der Waals surface area contributed by atoms with Gasteiger partial charge in [-0.1, -0.05) is 249 Å². The van der Waals surface area contributed by atoms with Crippen molar-refractivity contribution in [3.8, 4) is 0 Å². The second kappa shape index (κ2) is 51.7. The molecule has 2 unspecified atom stereocenters. The zero-order valence-corrected chi connectivity index (χ0v) is 41.4. The van der Waals surface area contributed by atoms with Gasteiger partial charge < -0.3 is 20.3 Å². The monoisotopic (exact) mass is 872 g/mol. The summed E-state index contributed by atoms with van der Waals surface area (Å²) in [5.74, 6) is -0.0924. The van der Waals surface area contributed by atoms with E-state index in [1.165, 1.54) is 193 Å². The van der Waals surface area contributed by atoms with Crippen molar-refractivity contribution in [1.29, 1.82) is 0 Å². The first-order valence-corrected chi connectivity index (χ1v) is 27.3. The number of carbonyl (C=O) groups is 2.